The van der Waals surface area contributed by atoms with E-state index in [0.29, 0.717) is 5.69 Å². The van der Waals surface area contributed by atoms with Crippen LogP contribution >= 0.6 is 0 Å². The molecule has 0 saturated carbocycles. The molecule has 0 spiro atoms. The predicted molar refractivity (Wildman–Crippen MR) is 128 cm³/mol. The van der Waals surface area contributed by atoms with Gasteiger partial charge in [-0.1, -0.05) is 30.3 Å². The number of benzene rings is 1. The highest BCUT2D eigenvalue weighted by atomic mass is 16.4. The number of aromatic nitrogens is 2. The highest BCUT2D eigenvalue weighted by Gasteiger charge is 2.33. The van der Waals surface area contributed by atoms with Crippen molar-refractivity contribution in [3.05, 3.63) is 54.1 Å². The first-order chi connectivity index (χ1) is 17.5. The van der Waals surface area contributed by atoms with Crippen LogP contribution in [0, 0.1) is 0 Å². The predicted octanol–water partition coefficient (Wildman–Crippen LogP) is -2.08. The fourth-order valence-corrected chi connectivity index (χ4v) is 3.36. The van der Waals surface area contributed by atoms with Crippen LogP contribution in [0.3, 0.4) is 0 Å². The molecule has 0 aliphatic carbocycles. The molecule has 0 bridgehead atoms. The number of hydrogen-bond donors (Lipinski definition) is 8. The number of imidazole rings is 1. The molecule has 2 aromatic rings. The second kappa shape index (κ2) is 13.7. The summed E-state index contributed by atoms with van der Waals surface area (Å²) in [5.74, 6) is -5.72. The standard InChI is InChI=1S/C23H30N6O8/c1-12(30)19(22(35)28-17(23(36)37)9-18(31)32)29-21(34)16(8-14-10-25-11-26-14)27-20(33)15(24)7-13-5-3-2-4-6-13/h2-6,10-12,15-17,19,30H,7-9,24H2,1H3,(H,25,26)(H,27,33)(H,28,35)(H,29,34)(H,31,32)(H,36,37). The molecule has 9 N–H and O–H groups in total. The molecule has 37 heavy (non-hydrogen) atoms. The SMILES string of the molecule is CC(O)C(NC(=O)C(Cc1cnc[nH]1)NC(=O)C(N)Cc1ccccc1)C(=O)NC(CC(=O)O)C(=O)O. The Morgan fingerprint density at radius 3 is 2.14 bits per heavy atom. The molecule has 0 radical (unpaired) electrons. The Hall–Kier alpha value is -4.30. The summed E-state index contributed by atoms with van der Waals surface area (Å²) >= 11 is 0. The molecular weight excluding hydrogens is 488 g/mol. The fraction of sp³-hybridized carbons (Fsp3) is 0.391. The average Bonchev–Trinajstić information content (AvgIpc) is 3.34. The first kappa shape index (κ1) is 28.9. The Kier molecular flexibility index (Phi) is 10.7. The average molecular weight is 519 g/mol. The lowest BCUT2D eigenvalue weighted by molar-refractivity contribution is -0.148. The number of hydrogen-bond acceptors (Lipinski definition) is 8. The van der Waals surface area contributed by atoms with E-state index in [0.717, 1.165) is 5.56 Å². The van der Waals surface area contributed by atoms with Gasteiger partial charge in [0.05, 0.1) is 24.9 Å². The van der Waals surface area contributed by atoms with Crippen LogP contribution in [0.15, 0.2) is 42.9 Å². The number of carboxylic acids is 2. The fourth-order valence-electron chi connectivity index (χ4n) is 3.36. The number of amides is 3. The number of aliphatic carboxylic acids is 2. The van der Waals surface area contributed by atoms with Crippen molar-refractivity contribution in [2.45, 2.75) is 56.5 Å². The number of nitrogens with one attached hydrogen (secondary N) is 4. The van der Waals surface area contributed by atoms with E-state index in [9.17, 15) is 29.1 Å². The van der Waals surface area contributed by atoms with Crippen LogP contribution < -0.4 is 21.7 Å². The van der Waals surface area contributed by atoms with Crippen LogP contribution in [-0.2, 0) is 36.8 Å². The topological polar surface area (TPSA) is 237 Å². The molecule has 1 heterocycles. The van der Waals surface area contributed by atoms with Crippen LogP contribution in [0.1, 0.15) is 24.6 Å². The Bertz CT molecular complexity index is 1080. The molecule has 1 aromatic carbocycles. The van der Waals surface area contributed by atoms with Gasteiger partial charge < -0.3 is 42.0 Å². The third-order valence-corrected chi connectivity index (χ3v) is 5.30. The van der Waals surface area contributed by atoms with Crippen molar-refractivity contribution in [3.8, 4) is 0 Å². The van der Waals surface area contributed by atoms with Gasteiger partial charge in [0.15, 0.2) is 0 Å². The third-order valence-electron chi connectivity index (χ3n) is 5.30. The van der Waals surface area contributed by atoms with Gasteiger partial charge in [-0.05, 0) is 18.9 Å². The smallest absolute Gasteiger partial charge is 0.326 e. The normalized spacial score (nSPS) is 14.9. The second-order valence-corrected chi connectivity index (χ2v) is 8.36. The van der Waals surface area contributed by atoms with Gasteiger partial charge in [0, 0.05) is 18.3 Å². The maximum Gasteiger partial charge on any atom is 0.326 e. The van der Waals surface area contributed by atoms with Crippen LogP contribution in [0.25, 0.3) is 0 Å². The summed E-state index contributed by atoms with van der Waals surface area (Å²) in [7, 11) is 0. The Balaban J connectivity index is 2.15. The molecule has 2 rings (SSSR count). The molecule has 5 atom stereocenters. The zero-order chi connectivity index (χ0) is 27.5. The van der Waals surface area contributed by atoms with Crippen molar-refractivity contribution < 1.29 is 39.3 Å². The minimum absolute atomic E-state index is 0.0689. The summed E-state index contributed by atoms with van der Waals surface area (Å²) in [6, 6.07) is 3.30. The van der Waals surface area contributed by atoms with E-state index in [1.54, 1.807) is 24.3 Å². The Morgan fingerprint density at radius 1 is 0.946 bits per heavy atom. The van der Waals surface area contributed by atoms with Crippen LogP contribution in [0.5, 0.6) is 0 Å². The lowest BCUT2D eigenvalue weighted by Crippen LogP contribution is -2.60. The highest BCUT2D eigenvalue weighted by molar-refractivity contribution is 5.95. The van der Waals surface area contributed by atoms with E-state index < -0.39 is 66.4 Å². The number of carbonyl (C=O) groups excluding carboxylic acids is 3. The van der Waals surface area contributed by atoms with Gasteiger partial charge in [0.1, 0.15) is 18.1 Å². The lowest BCUT2D eigenvalue weighted by Gasteiger charge is -2.26. The monoisotopic (exact) mass is 518 g/mol. The van der Waals surface area contributed by atoms with Crippen molar-refractivity contribution in [1.29, 1.82) is 0 Å². The van der Waals surface area contributed by atoms with Gasteiger partial charge in [-0.3, -0.25) is 19.2 Å². The zero-order valence-corrected chi connectivity index (χ0v) is 20.0. The first-order valence-electron chi connectivity index (χ1n) is 11.3. The molecule has 0 aliphatic rings. The summed E-state index contributed by atoms with van der Waals surface area (Å²) < 4.78 is 0. The van der Waals surface area contributed by atoms with Crippen molar-refractivity contribution >= 4 is 29.7 Å². The number of aliphatic hydroxyl groups is 1. The Morgan fingerprint density at radius 2 is 1.59 bits per heavy atom. The summed E-state index contributed by atoms with van der Waals surface area (Å²) in [6.45, 7) is 1.18. The van der Waals surface area contributed by atoms with E-state index >= 15 is 0 Å². The van der Waals surface area contributed by atoms with Crippen LogP contribution in [0.2, 0.25) is 0 Å². The summed E-state index contributed by atoms with van der Waals surface area (Å²) in [5, 5.41) is 34.9. The van der Waals surface area contributed by atoms with Gasteiger partial charge >= 0.3 is 11.9 Å². The maximum absolute atomic E-state index is 13.1. The molecule has 0 saturated heterocycles. The van der Waals surface area contributed by atoms with E-state index in [2.05, 4.69) is 20.6 Å². The number of rotatable bonds is 14. The van der Waals surface area contributed by atoms with Crippen molar-refractivity contribution in [1.82, 2.24) is 25.9 Å². The first-order valence-corrected chi connectivity index (χ1v) is 11.3. The summed E-state index contributed by atoms with van der Waals surface area (Å²) in [4.78, 5) is 67.3. The second-order valence-electron chi connectivity index (χ2n) is 8.36. The van der Waals surface area contributed by atoms with Crippen molar-refractivity contribution in [2.24, 2.45) is 5.73 Å². The molecular formula is C23H30N6O8. The summed E-state index contributed by atoms with van der Waals surface area (Å²) in [5.41, 5.74) is 7.30. The molecule has 3 amide bonds. The third kappa shape index (κ3) is 9.35. The molecule has 14 nitrogen and oxygen atoms in total. The minimum atomic E-state index is -1.79. The number of carbonyl (C=O) groups is 5. The number of carboxylic acid groups (broad SMARTS) is 2. The highest BCUT2D eigenvalue weighted by Crippen LogP contribution is 2.06. The quantitative estimate of drug-likeness (QED) is 0.136. The van der Waals surface area contributed by atoms with Gasteiger partial charge in [-0.25, -0.2) is 9.78 Å². The molecule has 200 valence electrons. The number of H-pyrrole nitrogens is 1. The number of aliphatic hydroxyl groups excluding tert-OH is 1. The number of aromatic amines is 1. The lowest BCUT2D eigenvalue weighted by atomic mass is 10.0. The molecule has 5 unspecified atom stereocenters. The van der Waals surface area contributed by atoms with Gasteiger partial charge in [-0.15, -0.1) is 0 Å². The molecule has 1 aromatic heterocycles. The Labute approximate surface area is 211 Å². The van der Waals surface area contributed by atoms with E-state index in [-0.39, 0.29) is 12.8 Å². The van der Waals surface area contributed by atoms with Crippen molar-refractivity contribution in [3.63, 3.8) is 0 Å². The largest absolute Gasteiger partial charge is 0.481 e. The van der Waals surface area contributed by atoms with Crippen molar-refractivity contribution in [2.75, 3.05) is 0 Å². The van der Waals surface area contributed by atoms with Crippen LogP contribution in [0.4, 0.5) is 0 Å². The van der Waals surface area contributed by atoms with Gasteiger partial charge in [-0.2, -0.15) is 0 Å². The number of nitrogens with zero attached hydrogens (tertiary/aromatic N) is 1. The number of nitrogens with two attached hydrogens (primary N) is 1. The van der Waals surface area contributed by atoms with Gasteiger partial charge in [0.25, 0.3) is 0 Å². The van der Waals surface area contributed by atoms with E-state index in [1.807, 2.05) is 11.4 Å². The van der Waals surface area contributed by atoms with Crippen LogP contribution in [-0.4, -0.2) is 85.2 Å². The minimum Gasteiger partial charge on any atom is -0.481 e. The molecule has 14 heteroatoms. The van der Waals surface area contributed by atoms with E-state index in [4.69, 9.17) is 15.9 Å². The molecule has 0 aliphatic heterocycles. The van der Waals surface area contributed by atoms with E-state index in [1.165, 1.54) is 19.4 Å². The summed E-state index contributed by atoms with van der Waals surface area (Å²) in [6.07, 6.45) is 0.517. The zero-order valence-electron chi connectivity index (χ0n) is 20.0. The molecule has 0 fully saturated rings. The van der Waals surface area contributed by atoms with Gasteiger partial charge in [0.2, 0.25) is 17.7 Å². The maximum atomic E-state index is 13.1.